The van der Waals surface area contributed by atoms with E-state index >= 15 is 0 Å². The van der Waals surface area contributed by atoms with Crippen LogP contribution in [0.2, 0.25) is 5.02 Å². The van der Waals surface area contributed by atoms with Crippen molar-refractivity contribution in [3.63, 3.8) is 0 Å². The number of nitrogens with zero attached hydrogens (tertiary/aromatic N) is 2. The maximum Gasteiger partial charge on any atom is 0.245 e. The Morgan fingerprint density at radius 3 is 2.60 bits per heavy atom. The fraction of sp³-hybridized carbons (Fsp3) is 0.125. The second-order valence-electron chi connectivity index (χ2n) is 5.07. The molecule has 0 aliphatic carbocycles. The largest absolute Gasteiger partial charge is 0.323 e. The van der Waals surface area contributed by atoms with Crippen LogP contribution in [0.4, 0.5) is 15.8 Å². The molecule has 0 spiro atoms. The molecule has 0 heterocycles. The first-order chi connectivity index (χ1) is 11.7. The summed E-state index contributed by atoms with van der Waals surface area (Å²) >= 11 is 5.68. The van der Waals surface area contributed by atoms with Crippen molar-refractivity contribution in [1.29, 1.82) is 5.26 Å². The molecule has 1 N–H and O–H groups in total. The fourth-order valence-corrected chi connectivity index (χ4v) is 3.07. The maximum absolute atomic E-state index is 13.3. The van der Waals surface area contributed by atoms with Gasteiger partial charge in [-0.1, -0.05) is 23.7 Å². The molecule has 130 valence electrons. The summed E-state index contributed by atoms with van der Waals surface area (Å²) < 4.78 is 38.1. The number of hydrogen-bond donors (Lipinski definition) is 1. The Hall–Kier alpha value is -2.63. The summed E-state index contributed by atoms with van der Waals surface area (Å²) in [6.07, 6.45) is 0.917. The van der Waals surface area contributed by atoms with Crippen molar-refractivity contribution in [2.45, 2.75) is 0 Å². The van der Waals surface area contributed by atoms with Gasteiger partial charge in [-0.15, -0.1) is 0 Å². The van der Waals surface area contributed by atoms with E-state index in [2.05, 4.69) is 5.32 Å². The smallest absolute Gasteiger partial charge is 0.245 e. The standard InChI is InChI=1S/C16H13ClFN3O3S/c1-25(23,24)21(12-6-7-14(18)13(17)8-12)10-16(22)20-15-5-3-2-4-11(15)9-19/h2-8H,10H2,1H3,(H,20,22). The zero-order valence-electron chi connectivity index (χ0n) is 13.0. The molecule has 6 nitrogen and oxygen atoms in total. The normalized spacial score (nSPS) is 10.8. The predicted molar refractivity (Wildman–Crippen MR) is 93.4 cm³/mol. The van der Waals surface area contributed by atoms with Gasteiger partial charge in [-0.25, -0.2) is 12.8 Å². The molecule has 0 saturated heterocycles. The first-order valence-corrected chi connectivity index (χ1v) is 9.16. The summed E-state index contributed by atoms with van der Waals surface area (Å²) in [5.74, 6) is -1.36. The van der Waals surface area contributed by atoms with Crippen molar-refractivity contribution < 1.29 is 17.6 Å². The molecule has 0 aliphatic heterocycles. The number of anilines is 2. The number of nitrogens with one attached hydrogen (secondary N) is 1. The third kappa shape index (κ3) is 4.68. The molecule has 0 aromatic heterocycles. The number of benzene rings is 2. The molecule has 0 saturated carbocycles. The number of carbonyl (C=O) groups excluding carboxylic acids is 1. The number of sulfonamides is 1. The number of halogens is 2. The Morgan fingerprint density at radius 1 is 1.32 bits per heavy atom. The zero-order chi connectivity index (χ0) is 18.6. The van der Waals surface area contributed by atoms with Gasteiger partial charge in [-0.05, 0) is 30.3 Å². The highest BCUT2D eigenvalue weighted by molar-refractivity contribution is 7.92. The topological polar surface area (TPSA) is 90.3 Å². The highest BCUT2D eigenvalue weighted by Gasteiger charge is 2.22. The Kier molecular flexibility index (Phi) is 5.62. The lowest BCUT2D eigenvalue weighted by molar-refractivity contribution is -0.114. The minimum atomic E-state index is -3.82. The van der Waals surface area contributed by atoms with Gasteiger partial charge in [-0.2, -0.15) is 5.26 Å². The SMILES string of the molecule is CS(=O)(=O)N(CC(=O)Nc1ccccc1C#N)c1ccc(F)c(Cl)c1. The molecule has 1 amide bonds. The van der Waals surface area contributed by atoms with Crippen molar-refractivity contribution in [3.8, 4) is 6.07 Å². The van der Waals surface area contributed by atoms with Crippen LogP contribution in [-0.4, -0.2) is 27.1 Å². The quantitative estimate of drug-likeness (QED) is 0.862. The summed E-state index contributed by atoms with van der Waals surface area (Å²) in [5.41, 5.74) is 0.560. The first-order valence-electron chi connectivity index (χ1n) is 6.94. The minimum Gasteiger partial charge on any atom is -0.323 e. The van der Waals surface area contributed by atoms with Crippen LogP contribution in [0.3, 0.4) is 0 Å². The van der Waals surface area contributed by atoms with Gasteiger partial charge in [0.15, 0.2) is 0 Å². The average Bonchev–Trinajstić information content (AvgIpc) is 2.55. The third-order valence-electron chi connectivity index (χ3n) is 3.20. The minimum absolute atomic E-state index is 0.0534. The average molecular weight is 382 g/mol. The first kappa shape index (κ1) is 18.7. The number of rotatable bonds is 5. The van der Waals surface area contributed by atoms with Gasteiger partial charge < -0.3 is 5.32 Å². The van der Waals surface area contributed by atoms with Crippen LogP contribution >= 0.6 is 11.6 Å². The molecule has 0 aliphatic rings. The molecule has 0 atom stereocenters. The van der Waals surface area contributed by atoms with Crippen molar-refractivity contribution in [1.82, 2.24) is 0 Å². The molecule has 25 heavy (non-hydrogen) atoms. The van der Waals surface area contributed by atoms with Crippen molar-refractivity contribution in [2.75, 3.05) is 22.4 Å². The highest BCUT2D eigenvalue weighted by atomic mass is 35.5. The molecule has 2 aromatic carbocycles. The summed E-state index contributed by atoms with van der Waals surface area (Å²) in [4.78, 5) is 12.2. The Labute approximate surface area is 149 Å². The second-order valence-corrected chi connectivity index (χ2v) is 7.39. The summed E-state index contributed by atoms with van der Waals surface area (Å²) in [6, 6.07) is 11.6. The zero-order valence-corrected chi connectivity index (χ0v) is 14.6. The van der Waals surface area contributed by atoms with E-state index in [9.17, 15) is 17.6 Å². The Bertz CT molecular complexity index is 957. The van der Waals surface area contributed by atoms with Gasteiger partial charge >= 0.3 is 0 Å². The van der Waals surface area contributed by atoms with E-state index in [-0.39, 0.29) is 22.0 Å². The maximum atomic E-state index is 13.3. The Morgan fingerprint density at radius 2 is 2.00 bits per heavy atom. The van der Waals surface area contributed by atoms with E-state index < -0.39 is 28.3 Å². The van der Waals surface area contributed by atoms with Gasteiger partial charge in [0.05, 0.1) is 28.2 Å². The van der Waals surface area contributed by atoms with Crippen LogP contribution in [0.1, 0.15) is 5.56 Å². The molecule has 0 radical (unpaired) electrons. The monoisotopic (exact) mass is 381 g/mol. The van der Waals surface area contributed by atoms with E-state index in [1.54, 1.807) is 12.1 Å². The van der Waals surface area contributed by atoms with E-state index in [1.807, 2.05) is 6.07 Å². The van der Waals surface area contributed by atoms with E-state index in [4.69, 9.17) is 16.9 Å². The molecular weight excluding hydrogens is 369 g/mol. The number of nitriles is 1. The van der Waals surface area contributed by atoms with Crippen LogP contribution in [0, 0.1) is 17.1 Å². The molecule has 9 heteroatoms. The van der Waals surface area contributed by atoms with Crippen LogP contribution < -0.4 is 9.62 Å². The van der Waals surface area contributed by atoms with Gasteiger partial charge in [-0.3, -0.25) is 9.10 Å². The van der Waals surface area contributed by atoms with Crippen LogP contribution in [0.25, 0.3) is 0 Å². The van der Waals surface area contributed by atoms with E-state index in [1.165, 1.54) is 18.2 Å². The lowest BCUT2D eigenvalue weighted by atomic mass is 10.2. The molecule has 2 aromatic rings. The van der Waals surface area contributed by atoms with E-state index in [0.29, 0.717) is 0 Å². The van der Waals surface area contributed by atoms with Crippen molar-refractivity contribution in [2.24, 2.45) is 0 Å². The predicted octanol–water partition coefficient (Wildman–Crippen LogP) is 2.76. The van der Waals surface area contributed by atoms with Gasteiger partial charge in [0.25, 0.3) is 0 Å². The summed E-state index contributed by atoms with van der Waals surface area (Å²) in [5, 5.41) is 11.2. The Balaban J connectivity index is 2.27. The number of carbonyl (C=O) groups is 1. The van der Waals surface area contributed by atoms with Gasteiger partial charge in [0.1, 0.15) is 18.4 Å². The van der Waals surface area contributed by atoms with Crippen molar-refractivity contribution >= 4 is 38.9 Å². The fourth-order valence-electron chi connectivity index (χ4n) is 2.05. The molecule has 0 unspecified atom stereocenters. The van der Waals surface area contributed by atoms with Crippen LogP contribution in [0.5, 0.6) is 0 Å². The number of para-hydroxylation sites is 1. The van der Waals surface area contributed by atoms with Crippen LogP contribution in [0.15, 0.2) is 42.5 Å². The molecular formula is C16H13ClFN3O3S. The highest BCUT2D eigenvalue weighted by Crippen LogP contribution is 2.24. The molecule has 0 fully saturated rings. The van der Waals surface area contributed by atoms with E-state index in [0.717, 1.165) is 22.7 Å². The number of hydrogen-bond acceptors (Lipinski definition) is 4. The summed E-state index contributed by atoms with van der Waals surface area (Å²) in [7, 11) is -3.82. The lowest BCUT2D eigenvalue weighted by Gasteiger charge is -2.22. The lowest BCUT2D eigenvalue weighted by Crippen LogP contribution is -2.37. The molecule has 0 bridgehead atoms. The third-order valence-corrected chi connectivity index (χ3v) is 4.63. The van der Waals surface area contributed by atoms with Crippen LogP contribution in [-0.2, 0) is 14.8 Å². The second kappa shape index (κ2) is 7.51. The summed E-state index contributed by atoms with van der Waals surface area (Å²) in [6.45, 7) is -0.555. The van der Waals surface area contributed by atoms with Gasteiger partial charge in [0, 0.05) is 0 Å². The number of amides is 1. The van der Waals surface area contributed by atoms with Gasteiger partial charge in [0.2, 0.25) is 15.9 Å². The van der Waals surface area contributed by atoms with Crippen molar-refractivity contribution in [3.05, 3.63) is 58.9 Å². The molecule has 2 rings (SSSR count).